The third-order valence-corrected chi connectivity index (χ3v) is 6.60. The second-order valence-corrected chi connectivity index (χ2v) is 9.30. The van der Waals surface area contributed by atoms with Crippen LogP contribution in [0, 0.1) is 11.3 Å². The molecule has 2 atom stereocenters. The summed E-state index contributed by atoms with van der Waals surface area (Å²) in [4.78, 5) is 39.0. The van der Waals surface area contributed by atoms with E-state index in [1.165, 1.54) is 5.57 Å². The van der Waals surface area contributed by atoms with Crippen LogP contribution in [0.5, 0.6) is 11.5 Å². The number of aromatic hydroxyl groups is 2. The number of hydrogen-bond acceptors (Lipinski definition) is 5. The number of phenols is 2. The molecule has 160 valence electrons. The Labute approximate surface area is 177 Å². The average molecular weight is 411 g/mol. The Balaban J connectivity index is 2.15. The Hall–Kier alpha value is -2.69. The molecule has 3 rings (SSSR count). The summed E-state index contributed by atoms with van der Waals surface area (Å²) in [7, 11) is 0. The number of aldehydes is 1. The fourth-order valence-corrected chi connectivity index (χ4v) is 4.84. The summed E-state index contributed by atoms with van der Waals surface area (Å²) in [5.41, 5.74) is 1.49. The Morgan fingerprint density at radius 2 is 1.87 bits per heavy atom. The second kappa shape index (κ2) is 7.86. The monoisotopic (exact) mass is 410 g/mol. The Kier molecular flexibility index (Phi) is 5.76. The van der Waals surface area contributed by atoms with E-state index < -0.39 is 22.8 Å². The van der Waals surface area contributed by atoms with E-state index in [2.05, 4.69) is 12.2 Å². The first-order chi connectivity index (χ1) is 14.0. The average Bonchev–Trinajstić information content (AvgIpc) is 2.68. The molecule has 0 fully saturated rings. The Bertz CT molecular complexity index is 992. The predicted octanol–water partition coefficient (Wildman–Crippen LogP) is 5.50. The predicted molar refractivity (Wildman–Crippen MR) is 115 cm³/mol. The molecule has 0 bridgehead atoms. The third kappa shape index (κ3) is 3.30. The van der Waals surface area contributed by atoms with E-state index in [-0.39, 0.29) is 39.7 Å². The van der Waals surface area contributed by atoms with Gasteiger partial charge in [0.15, 0.2) is 29.4 Å². The molecule has 5 nitrogen and oxygen atoms in total. The van der Waals surface area contributed by atoms with Crippen LogP contribution in [0.25, 0.3) is 0 Å². The zero-order valence-electron chi connectivity index (χ0n) is 18.3. The van der Waals surface area contributed by atoms with Crippen molar-refractivity contribution in [2.45, 2.75) is 66.2 Å². The summed E-state index contributed by atoms with van der Waals surface area (Å²) in [5.74, 6) is -2.51. The van der Waals surface area contributed by atoms with Crippen LogP contribution in [0.4, 0.5) is 0 Å². The van der Waals surface area contributed by atoms with E-state index >= 15 is 0 Å². The summed E-state index contributed by atoms with van der Waals surface area (Å²) in [5, 5.41) is 20.9. The van der Waals surface area contributed by atoms with Gasteiger partial charge in [0.2, 0.25) is 0 Å². The van der Waals surface area contributed by atoms with Gasteiger partial charge >= 0.3 is 0 Å². The third-order valence-electron chi connectivity index (χ3n) is 6.60. The van der Waals surface area contributed by atoms with Crippen molar-refractivity contribution in [3.8, 4) is 11.5 Å². The molecular weight excluding hydrogens is 380 g/mol. The standard InChI is InChI=1S/C25H30O5/c1-13(2)7-6-8-15-9-10-25(5)17(11-15)22(28)19-16(12-26)21(27)23(29)18(14(3)4)20(19)24(25)30/h7,9,12,14,17,27,29H,6,8,10-11H2,1-5H3/t17-,25-/m1/s1. The maximum Gasteiger partial charge on any atom is 0.170 e. The van der Waals surface area contributed by atoms with Gasteiger partial charge in [-0.25, -0.2) is 0 Å². The van der Waals surface area contributed by atoms with Crippen molar-refractivity contribution in [3.05, 3.63) is 45.6 Å². The van der Waals surface area contributed by atoms with Gasteiger partial charge < -0.3 is 10.2 Å². The van der Waals surface area contributed by atoms with Crippen molar-refractivity contribution in [2.24, 2.45) is 11.3 Å². The SMILES string of the molecule is CC(C)=CCCC1=CC[C@@]2(C)C(=O)c3c(c(C=O)c(O)c(O)c3C(C)C)C(=O)[C@H]2C1. The van der Waals surface area contributed by atoms with Crippen molar-refractivity contribution < 1.29 is 24.6 Å². The minimum absolute atomic E-state index is 0.0259. The van der Waals surface area contributed by atoms with Crippen LogP contribution in [0.3, 0.4) is 0 Å². The molecule has 0 spiro atoms. The van der Waals surface area contributed by atoms with Crippen LogP contribution in [-0.4, -0.2) is 28.1 Å². The van der Waals surface area contributed by atoms with Gasteiger partial charge in [-0.05, 0) is 45.4 Å². The van der Waals surface area contributed by atoms with Gasteiger partial charge in [-0.15, -0.1) is 0 Å². The quantitative estimate of drug-likeness (QED) is 0.380. The van der Waals surface area contributed by atoms with Gasteiger partial charge in [-0.2, -0.15) is 0 Å². The summed E-state index contributed by atoms with van der Waals surface area (Å²) in [6.07, 6.45) is 7.20. The molecule has 2 aliphatic carbocycles. The smallest absolute Gasteiger partial charge is 0.170 e. The van der Waals surface area contributed by atoms with Crippen LogP contribution in [0.1, 0.15) is 103 Å². The van der Waals surface area contributed by atoms with E-state index in [0.29, 0.717) is 19.1 Å². The van der Waals surface area contributed by atoms with Crippen molar-refractivity contribution >= 4 is 17.9 Å². The number of benzene rings is 1. The molecule has 1 aromatic carbocycles. The number of ketones is 2. The first-order valence-corrected chi connectivity index (χ1v) is 10.5. The molecule has 0 unspecified atom stereocenters. The van der Waals surface area contributed by atoms with E-state index in [0.717, 1.165) is 18.4 Å². The largest absolute Gasteiger partial charge is 0.504 e. The second-order valence-electron chi connectivity index (χ2n) is 9.30. The molecule has 1 aromatic rings. The normalized spacial score (nSPS) is 23.0. The lowest BCUT2D eigenvalue weighted by Gasteiger charge is -2.43. The lowest BCUT2D eigenvalue weighted by molar-refractivity contribution is 0.0560. The van der Waals surface area contributed by atoms with E-state index in [1.54, 1.807) is 20.8 Å². The summed E-state index contributed by atoms with van der Waals surface area (Å²) in [6, 6.07) is 0. The maximum atomic E-state index is 13.7. The number of Topliss-reactive ketones (excluding diaryl/α,β-unsaturated/α-hetero) is 2. The fraction of sp³-hybridized carbons (Fsp3) is 0.480. The topological polar surface area (TPSA) is 91.7 Å². The zero-order valence-corrected chi connectivity index (χ0v) is 18.3. The van der Waals surface area contributed by atoms with Gasteiger partial charge in [0, 0.05) is 28.0 Å². The maximum absolute atomic E-state index is 13.7. The first kappa shape index (κ1) is 22.0. The highest BCUT2D eigenvalue weighted by molar-refractivity contribution is 6.22. The molecule has 2 N–H and O–H groups in total. The van der Waals surface area contributed by atoms with Crippen LogP contribution in [-0.2, 0) is 0 Å². The number of allylic oxidation sites excluding steroid dienone is 4. The molecule has 0 radical (unpaired) electrons. The Morgan fingerprint density at radius 1 is 1.20 bits per heavy atom. The van der Waals surface area contributed by atoms with E-state index in [4.69, 9.17) is 0 Å². The van der Waals surface area contributed by atoms with Gasteiger partial charge in [0.05, 0.1) is 5.56 Å². The van der Waals surface area contributed by atoms with Crippen LogP contribution in [0.15, 0.2) is 23.3 Å². The molecule has 30 heavy (non-hydrogen) atoms. The minimum Gasteiger partial charge on any atom is -0.504 e. The molecule has 0 saturated heterocycles. The highest BCUT2D eigenvalue weighted by atomic mass is 16.3. The number of phenolic OH excluding ortho intramolecular Hbond substituents is 2. The van der Waals surface area contributed by atoms with Crippen molar-refractivity contribution in [1.82, 2.24) is 0 Å². The molecule has 5 heteroatoms. The Morgan fingerprint density at radius 3 is 2.43 bits per heavy atom. The highest BCUT2D eigenvalue weighted by Crippen LogP contribution is 2.53. The van der Waals surface area contributed by atoms with Crippen molar-refractivity contribution in [2.75, 3.05) is 0 Å². The highest BCUT2D eigenvalue weighted by Gasteiger charge is 2.53. The van der Waals surface area contributed by atoms with Gasteiger partial charge in [0.1, 0.15) is 0 Å². The summed E-state index contributed by atoms with van der Waals surface area (Å²) < 4.78 is 0. The molecular formula is C25H30O5. The number of hydrogen-bond donors (Lipinski definition) is 2. The molecule has 0 amide bonds. The van der Waals surface area contributed by atoms with E-state index in [9.17, 15) is 24.6 Å². The fourth-order valence-electron chi connectivity index (χ4n) is 4.84. The molecule has 2 aliphatic rings. The number of rotatable bonds is 5. The zero-order chi connectivity index (χ0) is 22.4. The van der Waals surface area contributed by atoms with Gasteiger partial charge in [-0.1, -0.05) is 44.1 Å². The van der Waals surface area contributed by atoms with E-state index in [1.807, 2.05) is 13.8 Å². The lowest BCUT2D eigenvalue weighted by Crippen LogP contribution is -2.47. The molecule has 0 saturated carbocycles. The number of fused-ring (bicyclic) bond motifs is 2. The van der Waals surface area contributed by atoms with Gasteiger partial charge in [0.25, 0.3) is 0 Å². The van der Waals surface area contributed by atoms with Crippen molar-refractivity contribution in [1.29, 1.82) is 0 Å². The number of carbonyl (C=O) groups excluding carboxylic acids is 3. The number of carbonyl (C=O) groups is 3. The summed E-state index contributed by atoms with van der Waals surface area (Å²) in [6.45, 7) is 9.45. The first-order valence-electron chi connectivity index (χ1n) is 10.5. The van der Waals surface area contributed by atoms with Crippen molar-refractivity contribution in [3.63, 3.8) is 0 Å². The molecule has 0 aliphatic heterocycles. The minimum atomic E-state index is -0.919. The molecule has 0 heterocycles. The van der Waals surface area contributed by atoms with Gasteiger partial charge in [-0.3, -0.25) is 14.4 Å². The van der Waals surface area contributed by atoms with Crippen LogP contribution >= 0.6 is 0 Å². The molecule has 0 aromatic heterocycles. The lowest BCUT2D eigenvalue weighted by atomic mass is 9.57. The van der Waals surface area contributed by atoms with Crippen LogP contribution < -0.4 is 0 Å². The summed E-state index contributed by atoms with van der Waals surface area (Å²) >= 11 is 0. The van der Waals surface area contributed by atoms with Crippen LogP contribution in [0.2, 0.25) is 0 Å².